The van der Waals surface area contributed by atoms with Crippen molar-refractivity contribution in [3.63, 3.8) is 0 Å². The maximum Gasteiger partial charge on any atom is 0.673 e. The SMILES string of the molecule is F[B-](F)(F)F.O=C1/C(=C/c2ccncc2)C[NH2+]C/C1=C\c1ccncc1. The summed E-state index contributed by atoms with van der Waals surface area (Å²) in [6.07, 6.45) is 10.8. The molecule has 9 heteroatoms. The number of hydrogen-bond donors (Lipinski definition) is 1. The fourth-order valence-corrected chi connectivity index (χ4v) is 2.35. The van der Waals surface area contributed by atoms with E-state index in [1.165, 1.54) is 0 Å². The molecular weight excluding hydrogens is 349 g/mol. The Morgan fingerprint density at radius 2 is 1.15 bits per heavy atom. The first-order chi connectivity index (χ1) is 12.3. The Balaban J connectivity index is 0.000000431. The van der Waals surface area contributed by atoms with Gasteiger partial charge in [-0.2, -0.15) is 0 Å². The van der Waals surface area contributed by atoms with Crippen LogP contribution in [0.1, 0.15) is 11.1 Å². The molecule has 1 fully saturated rings. The van der Waals surface area contributed by atoms with Gasteiger partial charge in [-0.05, 0) is 47.5 Å². The number of nitrogens with zero attached hydrogens (tertiary/aromatic N) is 2. The number of hydrogen-bond acceptors (Lipinski definition) is 3. The highest BCUT2D eigenvalue weighted by atomic mass is 19.5. The van der Waals surface area contributed by atoms with Crippen LogP contribution >= 0.6 is 0 Å². The monoisotopic (exact) mass is 365 g/mol. The molecule has 0 radical (unpaired) electrons. The minimum absolute atomic E-state index is 0.131. The van der Waals surface area contributed by atoms with Gasteiger partial charge in [-0.3, -0.25) is 14.8 Å². The lowest BCUT2D eigenvalue weighted by atomic mass is 9.96. The first-order valence-electron chi connectivity index (χ1n) is 7.78. The van der Waals surface area contributed by atoms with Crippen LogP contribution in [0.15, 0.2) is 60.2 Å². The van der Waals surface area contributed by atoms with E-state index in [4.69, 9.17) is 0 Å². The first-order valence-corrected chi connectivity index (χ1v) is 7.78. The van der Waals surface area contributed by atoms with E-state index in [0.717, 1.165) is 35.4 Å². The van der Waals surface area contributed by atoms with Crippen LogP contribution in [0.3, 0.4) is 0 Å². The topological polar surface area (TPSA) is 59.5 Å². The van der Waals surface area contributed by atoms with Crippen molar-refractivity contribution in [2.24, 2.45) is 0 Å². The zero-order valence-corrected chi connectivity index (χ0v) is 13.7. The summed E-state index contributed by atoms with van der Waals surface area (Å²) in [7, 11) is -6.00. The number of aromatic nitrogens is 2. The molecule has 2 N–H and O–H groups in total. The van der Waals surface area contributed by atoms with Gasteiger partial charge in [-0.15, -0.1) is 0 Å². The van der Waals surface area contributed by atoms with Crippen LogP contribution in [0, 0.1) is 0 Å². The van der Waals surface area contributed by atoms with Gasteiger partial charge in [0.05, 0.1) is 11.1 Å². The molecular formula is C17H16BF4N3O. The van der Waals surface area contributed by atoms with Gasteiger partial charge in [0.25, 0.3) is 0 Å². The average Bonchev–Trinajstić information content (AvgIpc) is 2.59. The molecule has 3 rings (SSSR count). The van der Waals surface area contributed by atoms with Gasteiger partial charge in [0.1, 0.15) is 13.1 Å². The number of pyridine rings is 2. The van der Waals surface area contributed by atoms with Crippen molar-refractivity contribution in [1.82, 2.24) is 9.97 Å². The summed E-state index contributed by atoms with van der Waals surface area (Å²) in [5.41, 5.74) is 3.67. The molecule has 1 saturated heterocycles. The van der Waals surface area contributed by atoms with E-state index in [1.54, 1.807) is 24.8 Å². The van der Waals surface area contributed by atoms with Crippen LogP contribution in [0.4, 0.5) is 17.3 Å². The summed E-state index contributed by atoms with van der Waals surface area (Å²) in [5.74, 6) is 0.131. The van der Waals surface area contributed by atoms with Gasteiger partial charge >= 0.3 is 7.25 Å². The normalized spacial score (nSPS) is 17.8. The quantitative estimate of drug-likeness (QED) is 0.505. The average molecular weight is 365 g/mol. The molecule has 0 unspecified atom stereocenters. The Hall–Kier alpha value is -2.81. The van der Waals surface area contributed by atoms with Crippen molar-refractivity contribution < 1.29 is 27.4 Å². The second kappa shape index (κ2) is 9.05. The van der Waals surface area contributed by atoms with Gasteiger partial charge in [0.15, 0.2) is 5.78 Å². The van der Waals surface area contributed by atoms with E-state index in [0.29, 0.717) is 0 Å². The van der Waals surface area contributed by atoms with Crippen LogP contribution in [0.2, 0.25) is 0 Å². The molecule has 0 aromatic carbocycles. The summed E-state index contributed by atoms with van der Waals surface area (Å²) in [6.45, 7) is 1.43. The van der Waals surface area contributed by atoms with E-state index in [2.05, 4.69) is 15.3 Å². The third-order valence-electron chi connectivity index (χ3n) is 3.41. The number of carbonyl (C=O) groups is 1. The van der Waals surface area contributed by atoms with E-state index in [9.17, 15) is 22.1 Å². The van der Waals surface area contributed by atoms with Crippen molar-refractivity contribution >= 4 is 25.2 Å². The molecule has 2 aromatic rings. The number of carbonyl (C=O) groups excluding carboxylic acids is 1. The Kier molecular flexibility index (Phi) is 6.79. The van der Waals surface area contributed by atoms with E-state index in [-0.39, 0.29) is 5.78 Å². The molecule has 1 aliphatic heterocycles. The van der Waals surface area contributed by atoms with E-state index >= 15 is 0 Å². The summed E-state index contributed by atoms with van der Waals surface area (Å²) in [6, 6.07) is 7.62. The van der Waals surface area contributed by atoms with Crippen LogP contribution in [-0.2, 0) is 4.79 Å². The predicted molar refractivity (Wildman–Crippen MR) is 91.3 cm³/mol. The summed E-state index contributed by atoms with van der Waals surface area (Å²) < 4.78 is 39.0. The fraction of sp³-hybridized carbons (Fsp3) is 0.118. The van der Waals surface area contributed by atoms with Gasteiger partial charge in [-0.1, -0.05) is 0 Å². The minimum Gasteiger partial charge on any atom is -0.418 e. The van der Waals surface area contributed by atoms with Gasteiger partial charge < -0.3 is 22.6 Å². The number of halogens is 4. The number of rotatable bonds is 2. The lowest BCUT2D eigenvalue weighted by molar-refractivity contribution is -0.641. The number of ketones is 1. The minimum atomic E-state index is -6.00. The Morgan fingerprint density at radius 3 is 1.50 bits per heavy atom. The third kappa shape index (κ3) is 6.98. The highest BCUT2D eigenvalue weighted by Crippen LogP contribution is 2.14. The molecule has 4 nitrogen and oxygen atoms in total. The molecule has 0 bridgehead atoms. The lowest BCUT2D eigenvalue weighted by Crippen LogP contribution is -2.87. The van der Waals surface area contributed by atoms with Crippen LogP contribution < -0.4 is 5.32 Å². The smallest absolute Gasteiger partial charge is 0.418 e. The predicted octanol–water partition coefficient (Wildman–Crippen LogP) is 2.39. The number of quaternary nitrogens is 1. The number of piperidine rings is 1. The molecule has 0 saturated carbocycles. The van der Waals surface area contributed by atoms with Crippen molar-refractivity contribution in [2.45, 2.75) is 0 Å². The Labute approximate surface area is 147 Å². The fourth-order valence-electron chi connectivity index (χ4n) is 2.35. The standard InChI is InChI=1S/C17H15N3O.BF4/c21-17-15(9-13-1-5-18-6-2-13)11-20-12-16(17)10-14-3-7-19-8-4-14;2-1(3,4)5/h1-10,20H,11-12H2;/q;-1/p+1/b15-9+,16-10+;. The second-order valence-electron chi connectivity index (χ2n) is 5.42. The van der Waals surface area contributed by atoms with Crippen LogP contribution in [0.25, 0.3) is 12.2 Å². The number of Topliss-reactive ketones (excluding diaryl/α,β-unsaturated/α-hetero) is 1. The zero-order chi connectivity index (χ0) is 19.0. The zero-order valence-electron chi connectivity index (χ0n) is 13.7. The summed E-state index contributed by atoms with van der Waals surface area (Å²) in [4.78, 5) is 20.5. The first kappa shape index (κ1) is 19.5. The molecule has 136 valence electrons. The van der Waals surface area contributed by atoms with Crippen molar-refractivity contribution in [2.75, 3.05) is 13.1 Å². The van der Waals surface area contributed by atoms with E-state index in [1.807, 2.05) is 36.4 Å². The van der Waals surface area contributed by atoms with E-state index < -0.39 is 7.25 Å². The van der Waals surface area contributed by atoms with Crippen LogP contribution in [0.5, 0.6) is 0 Å². The molecule has 2 aromatic heterocycles. The number of nitrogens with two attached hydrogens (primary N) is 1. The van der Waals surface area contributed by atoms with Gasteiger partial charge in [-0.25, -0.2) is 0 Å². The maximum absolute atomic E-state index is 12.5. The maximum atomic E-state index is 12.5. The highest BCUT2D eigenvalue weighted by Gasteiger charge is 2.23. The van der Waals surface area contributed by atoms with Gasteiger partial charge in [0, 0.05) is 24.8 Å². The third-order valence-corrected chi connectivity index (χ3v) is 3.41. The highest BCUT2D eigenvalue weighted by molar-refractivity contribution is 6.50. The van der Waals surface area contributed by atoms with Gasteiger partial charge in [0.2, 0.25) is 0 Å². The van der Waals surface area contributed by atoms with Crippen LogP contribution in [-0.4, -0.2) is 36.1 Å². The largest absolute Gasteiger partial charge is 0.673 e. The Morgan fingerprint density at radius 1 is 0.808 bits per heavy atom. The molecule has 0 atom stereocenters. The molecule has 0 spiro atoms. The molecule has 0 amide bonds. The van der Waals surface area contributed by atoms with Crippen molar-refractivity contribution in [3.8, 4) is 0 Å². The summed E-state index contributed by atoms with van der Waals surface area (Å²) >= 11 is 0. The second-order valence-corrected chi connectivity index (χ2v) is 5.42. The van der Waals surface area contributed by atoms with Crippen molar-refractivity contribution in [3.05, 3.63) is 71.3 Å². The molecule has 3 heterocycles. The molecule has 26 heavy (non-hydrogen) atoms. The molecule has 1 aliphatic rings. The molecule has 0 aliphatic carbocycles. The lowest BCUT2D eigenvalue weighted by Gasteiger charge is -2.15. The Bertz CT molecular complexity index is 727. The van der Waals surface area contributed by atoms with Crippen molar-refractivity contribution in [1.29, 1.82) is 0 Å². The summed E-state index contributed by atoms with van der Waals surface area (Å²) in [5, 5.41) is 2.14.